The highest BCUT2D eigenvalue weighted by molar-refractivity contribution is 5.85. The molecule has 2 heterocycles. The second-order valence-electron chi connectivity index (χ2n) is 4.81. The van der Waals surface area contributed by atoms with Gasteiger partial charge in [-0.25, -0.2) is 9.78 Å². The Morgan fingerprint density at radius 3 is 2.85 bits per heavy atom. The molecule has 20 heavy (non-hydrogen) atoms. The highest BCUT2D eigenvalue weighted by atomic mass is 19.4. The van der Waals surface area contributed by atoms with Crippen LogP contribution in [0.3, 0.4) is 0 Å². The van der Waals surface area contributed by atoms with E-state index < -0.39 is 24.0 Å². The van der Waals surface area contributed by atoms with Gasteiger partial charge in [0, 0.05) is 25.1 Å². The fourth-order valence-corrected chi connectivity index (χ4v) is 2.49. The largest absolute Gasteiger partial charge is 0.476 e. The van der Waals surface area contributed by atoms with Crippen LogP contribution in [0.4, 0.5) is 13.2 Å². The van der Waals surface area contributed by atoms with Crippen LogP contribution in [0.2, 0.25) is 0 Å². The van der Waals surface area contributed by atoms with E-state index >= 15 is 0 Å². The lowest BCUT2D eigenvalue weighted by molar-refractivity contribution is -0.184. The van der Waals surface area contributed by atoms with Crippen molar-refractivity contribution in [3.8, 4) is 6.07 Å². The molecule has 0 aliphatic carbocycles. The summed E-state index contributed by atoms with van der Waals surface area (Å²) in [7, 11) is 0. The molecule has 0 saturated heterocycles. The number of imidazole rings is 1. The number of halogens is 3. The summed E-state index contributed by atoms with van der Waals surface area (Å²) in [5.74, 6) is -3.01. The van der Waals surface area contributed by atoms with E-state index in [0.29, 0.717) is 5.82 Å². The summed E-state index contributed by atoms with van der Waals surface area (Å²) in [5, 5.41) is 17.4. The third-order valence-corrected chi connectivity index (χ3v) is 3.45. The lowest BCUT2D eigenvalue weighted by Gasteiger charge is -2.31. The number of nitrogens with zero attached hydrogens (tertiary/aromatic N) is 3. The quantitative estimate of drug-likeness (QED) is 0.926. The van der Waals surface area contributed by atoms with Crippen LogP contribution in [0.1, 0.15) is 41.5 Å². The number of hydrogen-bond acceptors (Lipinski definition) is 3. The van der Waals surface area contributed by atoms with Gasteiger partial charge in [0.05, 0.1) is 12.0 Å². The van der Waals surface area contributed by atoms with Crippen molar-refractivity contribution in [3.05, 3.63) is 17.7 Å². The summed E-state index contributed by atoms with van der Waals surface area (Å²) >= 11 is 0. The van der Waals surface area contributed by atoms with Crippen molar-refractivity contribution in [1.29, 1.82) is 5.26 Å². The number of carboxylic acid groups (broad SMARTS) is 1. The predicted octanol–water partition coefficient (Wildman–Crippen LogP) is 2.55. The monoisotopic (exact) mass is 287 g/mol. The van der Waals surface area contributed by atoms with Gasteiger partial charge in [-0.1, -0.05) is 0 Å². The van der Waals surface area contributed by atoms with Crippen LogP contribution in [0.25, 0.3) is 0 Å². The van der Waals surface area contributed by atoms with Gasteiger partial charge in [-0.15, -0.1) is 0 Å². The molecule has 1 aliphatic rings. The lowest BCUT2D eigenvalue weighted by atomic mass is 9.87. The zero-order valence-corrected chi connectivity index (χ0v) is 10.4. The van der Waals surface area contributed by atoms with Crippen LogP contribution in [0.5, 0.6) is 0 Å². The van der Waals surface area contributed by atoms with E-state index in [2.05, 4.69) is 4.98 Å². The summed E-state index contributed by atoms with van der Waals surface area (Å²) in [6.45, 7) is -0.317. The van der Waals surface area contributed by atoms with Crippen LogP contribution in [0, 0.1) is 17.2 Å². The molecular formula is C12H12F3N3O2. The summed E-state index contributed by atoms with van der Waals surface area (Å²) in [6.07, 6.45) is -2.99. The zero-order chi connectivity index (χ0) is 14.9. The van der Waals surface area contributed by atoms with E-state index in [0.717, 1.165) is 6.20 Å². The molecular weight excluding hydrogens is 275 g/mol. The Kier molecular flexibility index (Phi) is 3.70. The number of carboxylic acids is 1. The molecule has 1 N–H and O–H groups in total. The van der Waals surface area contributed by atoms with Crippen molar-refractivity contribution in [2.45, 2.75) is 37.9 Å². The van der Waals surface area contributed by atoms with E-state index in [1.807, 2.05) is 6.07 Å². The second-order valence-corrected chi connectivity index (χ2v) is 4.81. The molecule has 0 amide bonds. The molecule has 2 rings (SSSR count). The molecule has 108 valence electrons. The van der Waals surface area contributed by atoms with Gasteiger partial charge in [-0.2, -0.15) is 18.4 Å². The van der Waals surface area contributed by atoms with E-state index in [1.54, 1.807) is 0 Å². The highest BCUT2D eigenvalue weighted by Gasteiger charge is 2.44. The van der Waals surface area contributed by atoms with E-state index in [9.17, 15) is 18.0 Å². The maximum absolute atomic E-state index is 12.9. The Labute approximate surface area is 112 Å². The molecule has 0 spiro atoms. The molecule has 5 nitrogen and oxygen atoms in total. The Balaban J connectivity index is 2.33. The van der Waals surface area contributed by atoms with Crippen LogP contribution in [-0.2, 0) is 6.54 Å². The topological polar surface area (TPSA) is 78.9 Å². The summed E-state index contributed by atoms with van der Waals surface area (Å²) in [5.41, 5.74) is -0.259. The average Bonchev–Trinajstić information content (AvgIpc) is 2.78. The van der Waals surface area contributed by atoms with Crippen molar-refractivity contribution < 1.29 is 23.1 Å². The number of nitriles is 1. The Morgan fingerprint density at radius 1 is 1.60 bits per heavy atom. The number of alkyl halides is 3. The molecule has 0 aromatic carbocycles. The van der Waals surface area contributed by atoms with Crippen molar-refractivity contribution in [3.63, 3.8) is 0 Å². The minimum Gasteiger partial charge on any atom is -0.476 e. The number of carbonyl (C=O) groups is 1. The van der Waals surface area contributed by atoms with Gasteiger partial charge in [0.25, 0.3) is 0 Å². The second kappa shape index (κ2) is 5.15. The molecule has 0 bridgehead atoms. The molecule has 0 radical (unpaired) electrons. The summed E-state index contributed by atoms with van der Waals surface area (Å²) < 4.78 is 39.9. The van der Waals surface area contributed by atoms with Crippen LogP contribution in [-0.4, -0.2) is 26.8 Å². The maximum Gasteiger partial charge on any atom is 0.393 e. The minimum absolute atomic E-state index is 0.116. The molecule has 2 atom stereocenters. The van der Waals surface area contributed by atoms with Crippen LogP contribution < -0.4 is 0 Å². The van der Waals surface area contributed by atoms with Crippen molar-refractivity contribution >= 4 is 5.97 Å². The number of hydrogen-bond donors (Lipinski definition) is 1. The average molecular weight is 287 g/mol. The number of fused-ring (bicyclic) bond motifs is 1. The fourth-order valence-electron chi connectivity index (χ4n) is 2.49. The Hall–Kier alpha value is -2.04. The predicted molar refractivity (Wildman–Crippen MR) is 60.9 cm³/mol. The Morgan fingerprint density at radius 2 is 2.30 bits per heavy atom. The molecule has 2 unspecified atom stereocenters. The lowest BCUT2D eigenvalue weighted by Crippen LogP contribution is -2.34. The molecule has 0 saturated carbocycles. The summed E-state index contributed by atoms with van der Waals surface area (Å²) in [4.78, 5) is 14.8. The highest BCUT2D eigenvalue weighted by Crippen LogP contribution is 2.41. The number of aromatic nitrogens is 2. The zero-order valence-electron chi connectivity index (χ0n) is 10.4. The van der Waals surface area contributed by atoms with Gasteiger partial charge >= 0.3 is 12.1 Å². The molecule has 1 aromatic heterocycles. The van der Waals surface area contributed by atoms with E-state index in [-0.39, 0.29) is 31.5 Å². The Bertz CT molecular complexity index is 559. The molecule has 8 heteroatoms. The first kappa shape index (κ1) is 14.4. The van der Waals surface area contributed by atoms with Gasteiger partial charge in [0.15, 0.2) is 5.69 Å². The normalized spacial score (nSPS) is 22.1. The van der Waals surface area contributed by atoms with E-state index in [4.69, 9.17) is 10.4 Å². The first-order chi connectivity index (χ1) is 9.32. The van der Waals surface area contributed by atoms with Gasteiger partial charge in [-0.3, -0.25) is 0 Å². The SMILES string of the molecule is N#CCCC1CC(C(F)(F)F)Cn2cc(C(=O)O)nc21. The summed E-state index contributed by atoms with van der Waals surface area (Å²) in [6, 6.07) is 1.89. The van der Waals surface area contributed by atoms with Crippen molar-refractivity contribution in [2.75, 3.05) is 0 Å². The first-order valence-corrected chi connectivity index (χ1v) is 6.07. The molecule has 0 fully saturated rings. The molecule has 1 aromatic rings. The maximum atomic E-state index is 12.9. The van der Waals surface area contributed by atoms with Crippen LogP contribution in [0.15, 0.2) is 6.20 Å². The third kappa shape index (κ3) is 2.76. The fraction of sp³-hybridized carbons (Fsp3) is 0.583. The van der Waals surface area contributed by atoms with Gasteiger partial charge in [-0.05, 0) is 12.8 Å². The number of aromatic carboxylic acids is 1. The third-order valence-electron chi connectivity index (χ3n) is 3.45. The minimum atomic E-state index is -4.34. The van der Waals surface area contributed by atoms with Gasteiger partial charge in [0.1, 0.15) is 5.82 Å². The van der Waals surface area contributed by atoms with Gasteiger partial charge < -0.3 is 9.67 Å². The van der Waals surface area contributed by atoms with Crippen molar-refractivity contribution in [1.82, 2.24) is 9.55 Å². The van der Waals surface area contributed by atoms with Gasteiger partial charge in [0.2, 0.25) is 0 Å². The molecule has 1 aliphatic heterocycles. The first-order valence-electron chi connectivity index (χ1n) is 6.07. The smallest absolute Gasteiger partial charge is 0.393 e. The van der Waals surface area contributed by atoms with E-state index in [1.165, 1.54) is 4.57 Å². The van der Waals surface area contributed by atoms with Crippen molar-refractivity contribution in [2.24, 2.45) is 5.92 Å². The standard InChI is InChI=1S/C12H12F3N3O2/c13-12(14,15)8-4-7(2-1-3-16)10-17-9(11(19)20)6-18(10)5-8/h6-8H,1-2,4-5H2,(H,19,20). The number of rotatable bonds is 3. The van der Waals surface area contributed by atoms with Crippen LogP contribution >= 0.6 is 0 Å².